The molecule has 0 aliphatic heterocycles. The van der Waals surface area contributed by atoms with Crippen molar-refractivity contribution < 1.29 is 28.6 Å². The Hall–Kier alpha value is -3.74. The number of ether oxygens (including phenoxy) is 2. The number of hydrogen-bond donors (Lipinski definition) is 1. The van der Waals surface area contributed by atoms with Gasteiger partial charge in [-0.25, -0.2) is 4.79 Å². The number of carbonyl (C=O) groups is 2. The standard InChI is InChI=1S/C28H33NO6/c1-6-33-27(32)28(4,5)35-26-19(2)13-22(14-20(26)3)17-29(18-24-11-8-12-34-24)25(31)16-21-9-7-10-23(30)15-21/h7-15,30H,6,16-18H2,1-5H3. The predicted molar refractivity (Wildman–Crippen MR) is 132 cm³/mol. The first kappa shape index (κ1) is 25.9. The second-order valence-corrected chi connectivity index (χ2v) is 9.07. The van der Waals surface area contributed by atoms with E-state index in [-0.39, 0.29) is 24.7 Å². The molecule has 0 radical (unpaired) electrons. The van der Waals surface area contributed by atoms with Gasteiger partial charge in [-0.1, -0.05) is 24.3 Å². The zero-order valence-electron chi connectivity index (χ0n) is 21.0. The van der Waals surface area contributed by atoms with E-state index in [4.69, 9.17) is 13.9 Å². The fraction of sp³-hybridized carbons (Fsp3) is 0.357. The van der Waals surface area contributed by atoms with E-state index in [0.29, 0.717) is 24.6 Å². The van der Waals surface area contributed by atoms with Crippen LogP contribution in [0.3, 0.4) is 0 Å². The number of benzene rings is 2. The summed E-state index contributed by atoms with van der Waals surface area (Å²) in [5.74, 6) is 0.908. The van der Waals surface area contributed by atoms with Crippen LogP contribution >= 0.6 is 0 Å². The molecule has 0 atom stereocenters. The van der Waals surface area contributed by atoms with E-state index in [1.807, 2.05) is 38.1 Å². The number of phenolic OH excluding ortho intramolecular Hbond substituents is 1. The molecular formula is C28H33NO6. The second-order valence-electron chi connectivity index (χ2n) is 9.07. The Morgan fingerprint density at radius 2 is 1.71 bits per heavy atom. The lowest BCUT2D eigenvalue weighted by Crippen LogP contribution is -2.40. The van der Waals surface area contributed by atoms with E-state index in [2.05, 4.69) is 0 Å². The number of furan rings is 1. The number of carbonyl (C=O) groups excluding carboxylic acids is 2. The molecule has 0 aliphatic rings. The summed E-state index contributed by atoms with van der Waals surface area (Å²) < 4.78 is 16.7. The maximum absolute atomic E-state index is 13.2. The highest BCUT2D eigenvalue weighted by Gasteiger charge is 2.32. The third-order valence-corrected chi connectivity index (χ3v) is 5.56. The largest absolute Gasteiger partial charge is 0.508 e. The molecule has 0 saturated heterocycles. The highest BCUT2D eigenvalue weighted by atomic mass is 16.6. The summed E-state index contributed by atoms with van der Waals surface area (Å²) in [5, 5.41) is 9.76. The summed E-state index contributed by atoms with van der Waals surface area (Å²) in [6.45, 7) is 9.92. The third-order valence-electron chi connectivity index (χ3n) is 5.56. The molecule has 7 heteroatoms. The number of rotatable bonds is 10. The molecule has 186 valence electrons. The van der Waals surface area contributed by atoms with Crippen molar-refractivity contribution >= 4 is 11.9 Å². The summed E-state index contributed by atoms with van der Waals surface area (Å²) in [7, 11) is 0. The molecule has 0 bridgehead atoms. The van der Waals surface area contributed by atoms with Crippen molar-refractivity contribution in [1.29, 1.82) is 0 Å². The van der Waals surface area contributed by atoms with Gasteiger partial charge in [0.1, 0.15) is 17.3 Å². The molecule has 0 fully saturated rings. The van der Waals surface area contributed by atoms with Crippen LogP contribution in [-0.4, -0.2) is 34.1 Å². The number of nitrogens with zero attached hydrogens (tertiary/aromatic N) is 1. The molecule has 1 heterocycles. The molecule has 35 heavy (non-hydrogen) atoms. The van der Waals surface area contributed by atoms with Gasteiger partial charge in [-0.2, -0.15) is 0 Å². The fourth-order valence-electron chi connectivity index (χ4n) is 3.89. The Kier molecular flexibility index (Phi) is 8.22. The second kappa shape index (κ2) is 11.1. The van der Waals surface area contributed by atoms with Crippen LogP contribution in [0.15, 0.2) is 59.2 Å². The minimum absolute atomic E-state index is 0.0916. The first-order chi connectivity index (χ1) is 16.6. The maximum atomic E-state index is 13.2. The predicted octanol–water partition coefficient (Wildman–Crippen LogP) is 5.09. The number of aryl methyl sites for hydroxylation is 2. The van der Waals surface area contributed by atoms with Gasteiger partial charge in [0, 0.05) is 6.54 Å². The highest BCUT2D eigenvalue weighted by molar-refractivity contribution is 5.79. The van der Waals surface area contributed by atoms with Crippen LogP contribution in [-0.2, 0) is 33.8 Å². The van der Waals surface area contributed by atoms with E-state index < -0.39 is 11.6 Å². The van der Waals surface area contributed by atoms with Gasteiger partial charge in [-0.3, -0.25) is 4.79 Å². The van der Waals surface area contributed by atoms with Crippen molar-refractivity contribution in [2.45, 2.75) is 59.7 Å². The zero-order valence-corrected chi connectivity index (χ0v) is 21.0. The lowest BCUT2D eigenvalue weighted by molar-refractivity contribution is -0.158. The van der Waals surface area contributed by atoms with Crippen LogP contribution in [0.2, 0.25) is 0 Å². The van der Waals surface area contributed by atoms with Crippen molar-refractivity contribution in [2.75, 3.05) is 6.61 Å². The molecule has 1 amide bonds. The zero-order chi connectivity index (χ0) is 25.6. The number of aromatic hydroxyl groups is 1. The van der Waals surface area contributed by atoms with Crippen molar-refractivity contribution in [3.05, 3.63) is 82.8 Å². The first-order valence-electron chi connectivity index (χ1n) is 11.6. The molecule has 0 saturated carbocycles. The van der Waals surface area contributed by atoms with Gasteiger partial charge in [-0.15, -0.1) is 0 Å². The van der Waals surface area contributed by atoms with Gasteiger partial charge in [0.25, 0.3) is 0 Å². The smallest absolute Gasteiger partial charge is 0.349 e. The van der Waals surface area contributed by atoms with E-state index >= 15 is 0 Å². The lowest BCUT2D eigenvalue weighted by Gasteiger charge is -2.27. The molecule has 3 rings (SSSR count). The number of amides is 1. The monoisotopic (exact) mass is 479 g/mol. The molecule has 0 unspecified atom stereocenters. The Morgan fingerprint density at radius 3 is 2.31 bits per heavy atom. The average molecular weight is 480 g/mol. The topological polar surface area (TPSA) is 89.2 Å². The SMILES string of the molecule is CCOC(=O)C(C)(C)Oc1c(C)cc(CN(Cc2ccco2)C(=O)Cc2cccc(O)c2)cc1C. The Morgan fingerprint density at radius 1 is 1.00 bits per heavy atom. The summed E-state index contributed by atoms with van der Waals surface area (Å²) in [6.07, 6.45) is 1.74. The normalized spacial score (nSPS) is 11.2. The van der Waals surface area contributed by atoms with Crippen molar-refractivity contribution in [3.8, 4) is 11.5 Å². The molecule has 7 nitrogen and oxygen atoms in total. The Labute approximate surface area is 206 Å². The Bertz CT molecular complexity index is 1140. The van der Waals surface area contributed by atoms with Crippen LogP contribution in [0, 0.1) is 13.8 Å². The molecule has 0 aliphatic carbocycles. The van der Waals surface area contributed by atoms with Gasteiger partial charge >= 0.3 is 5.97 Å². The average Bonchev–Trinajstić information content (AvgIpc) is 3.29. The van der Waals surface area contributed by atoms with Crippen molar-refractivity contribution in [3.63, 3.8) is 0 Å². The summed E-state index contributed by atoms with van der Waals surface area (Å²) in [5.41, 5.74) is 2.25. The number of hydrogen-bond acceptors (Lipinski definition) is 6. The molecule has 1 aromatic heterocycles. The maximum Gasteiger partial charge on any atom is 0.349 e. The van der Waals surface area contributed by atoms with Gasteiger partial charge in [0.15, 0.2) is 5.60 Å². The van der Waals surface area contributed by atoms with Crippen LogP contribution in [0.25, 0.3) is 0 Å². The third kappa shape index (κ3) is 6.88. The van der Waals surface area contributed by atoms with Crippen molar-refractivity contribution in [2.24, 2.45) is 0 Å². The van der Waals surface area contributed by atoms with Gasteiger partial charge in [0.05, 0.1) is 25.8 Å². The fourth-order valence-corrected chi connectivity index (χ4v) is 3.89. The highest BCUT2D eigenvalue weighted by Crippen LogP contribution is 2.30. The Balaban J connectivity index is 1.82. The lowest BCUT2D eigenvalue weighted by atomic mass is 10.0. The van der Waals surface area contributed by atoms with Crippen molar-refractivity contribution in [1.82, 2.24) is 4.90 Å². The number of phenols is 1. The van der Waals surface area contributed by atoms with E-state index in [1.165, 1.54) is 0 Å². The van der Waals surface area contributed by atoms with Gasteiger partial charge in [-0.05, 0) is 81.1 Å². The van der Waals surface area contributed by atoms with Gasteiger partial charge in [0.2, 0.25) is 5.91 Å². The van der Waals surface area contributed by atoms with E-state index in [0.717, 1.165) is 22.3 Å². The van der Waals surface area contributed by atoms with Crippen LogP contribution in [0.5, 0.6) is 11.5 Å². The van der Waals surface area contributed by atoms with E-state index in [9.17, 15) is 14.7 Å². The molecule has 2 aromatic carbocycles. The van der Waals surface area contributed by atoms with Crippen LogP contribution < -0.4 is 4.74 Å². The minimum atomic E-state index is -1.13. The quantitative estimate of drug-likeness (QED) is 0.407. The molecule has 3 aromatic rings. The summed E-state index contributed by atoms with van der Waals surface area (Å²) >= 11 is 0. The van der Waals surface area contributed by atoms with E-state index in [1.54, 1.807) is 56.2 Å². The molecule has 1 N–H and O–H groups in total. The molecular weight excluding hydrogens is 446 g/mol. The summed E-state index contributed by atoms with van der Waals surface area (Å²) in [6, 6.07) is 14.2. The van der Waals surface area contributed by atoms with Gasteiger partial charge < -0.3 is 23.9 Å². The number of esters is 1. The molecule has 0 spiro atoms. The minimum Gasteiger partial charge on any atom is -0.508 e. The summed E-state index contributed by atoms with van der Waals surface area (Å²) in [4.78, 5) is 27.3. The van der Waals surface area contributed by atoms with Crippen LogP contribution in [0.4, 0.5) is 0 Å². The van der Waals surface area contributed by atoms with Crippen LogP contribution in [0.1, 0.15) is 48.8 Å². The first-order valence-corrected chi connectivity index (χ1v) is 11.6.